The molecule has 1 N–H and O–H groups in total. The van der Waals surface area contributed by atoms with Crippen molar-refractivity contribution in [1.82, 2.24) is 4.98 Å². The van der Waals surface area contributed by atoms with Gasteiger partial charge in [-0.2, -0.15) is 0 Å². The molecule has 0 spiro atoms. The average Bonchev–Trinajstić information content (AvgIpc) is 2.91. The van der Waals surface area contributed by atoms with Gasteiger partial charge < -0.3 is 14.5 Å². The second kappa shape index (κ2) is 5.48. The summed E-state index contributed by atoms with van der Waals surface area (Å²) in [7, 11) is 0. The molecule has 116 valence electrons. The lowest BCUT2D eigenvalue weighted by molar-refractivity contribution is -0.133. The molecule has 5 nitrogen and oxygen atoms in total. The molecular weight excluding hydrogens is 299 g/mol. The normalized spacial score (nSPS) is 14.7. The first-order chi connectivity index (χ1) is 11.2. The number of rotatable bonds is 3. The van der Waals surface area contributed by atoms with Gasteiger partial charge in [-0.1, -0.05) is 6.07 Å². The largest absolute Gasteiger partial charge is 0.433 e. The van der Waals surface area contributed by atoms with Gasteiger partial charge in [-0.05, 0) is 36.4 Å². The molecule has 1 amide bonds. The maximum Gasteiger partial charge on any atom is 0.232 e. The number of hydrogen-bond acceptors (Lipinski definition) is 4. The minimum absolute atomic E-state index is 0.0482. The predicted molar refractivity (Wildman–Crippen MR) is 82.3 cm³/mol. The number of nitrogens with one attached hydrogen (secondary N) is 1. The van der Waals surface area contributed by atoms with Crippen molar-refractivity contribution in [3.05, 3.63) is 48.3 Å². The number of amides is 1. The lowest BCUT2D eigenvalue weighted by Crippen LogP contribution is -2.38. The van der Waals surface area contributed by atoms with Crippen molar-refractivity contribution in [1.29, 1.82) is 0 Å². The third-order valence-corrected chi connectivity index (χ3v) is 3.78. The number of benzene rings is 2. The van der Waals surface area contributed by atoms with Crippen LogP contribution in [-0.4, -0.2) is 24.1 Å². The Balaban J connectivity index is 1.56. The molecule has 1 aliphatic rings. The maximum absolute atomic E-state index is 13.6. The van der Waals surface area contributed by atoms with E-state index in [0.717, 1.165) is 0 Å². The van der Waals surface area contributed by atoms with E-state index in [4.69, 9.17) is 9.15 Å². The first kappa shape index (κ1) is 13.9. The van der Waals surface area contributed by atoms with Gasteiger partial charge in [0.1, 0.15) is 5.52 Å². The minimum atomic E-state index is -0.437. The van der Waals surface area contributed by atoms with Crippen molar-refractivity contribution in [2.45, 2.75) is 0 Å². The highest BCUT2D eigenvalue weighted by Crippen LogP contribution is 2.27. The molecule has 23 heavy (non-hydrogen) atoms. The van der Waals surface area contributed by atoms with Crippen molar-refractivity contribution in [2.24, 2.45) is 5.92 Å². The molecule has 2 heterocycles. The molecule has 2 aromatic carbocycles. The van der Waals surface area contributed by atoms with Crippen LogP contribution in [0.15, 0.2) is 46.9 Å². The number of anilines is 1. The number of aromatic nitrogens is 1. The molecule has 1 fully saturated rings. The molecule has 0 radical (unpaired) electrons. The van der Waals surface area contributed by atoms with Gasteiger partial charge in [0.2, 0.25) is 11.8 Å². The lowest BCUT2D eigenvalue weighted by Gasteiger charge is -2.24. The highest BCUT2D eigenvalue weighted by Gasteiger charge is 2.26. The Hall–Kier alpha value is -2.73. The van der Waals surface area contributed by atoms with Crippen LogP contribution in [0.25, 0.3) is 22.6 Å². The van der Waals surface area contributed by atoms with E-state index in [2.05, 4.69) is 10.3 Å². The molecule has 0 atom stereocenters. The summed E-state index contributed by atoms with van der Waals surface area (Å²) in [5, 5.41) is 2.83. The van der Waals surface area contributed by atoms with Gasteiger partial charge in [0.05, 0.1) is 19.1 Å². The summed E-state index contributed by atoms with van der Waals surface area (Å²) >= 11 is 0. The molecule has 0 saturated carbocycles. The molecule has 0 bridgehead atoms. The average molecular weight is 312 g/mol. The summed E-state index contributed by atoms with van der Waals surface area (Å²) in [6.07, 6.45) is 0. The molecular formula is C17H13FN2O3. The third kappa shape index (κ3) is 2.57. The number of nitrogens with zero attached hydrogens (tertiary/aromatic N) is 1. The fourth-order valence-corrected chi connectivity index (χ4v) is 2.37. The molecule has 1 aliphatic heterocycles. The Bertz CT molecular complexity index is 869. The van der Waals surface area contributed by atoms with Gasteiger partial charge in [0.15, 0.2) is 11.4 Å². The number of fused-ring (bicyclic) bond motifs is 1. The lowest BCUT2D eigenvalue weighted by atomic mass is 10.1. The predicted octanol–water partition coefficient (Wildman–Crippen LogP) is 3.22. The number of halogens is 1. The van der Waals surface area contributed by atoms with Crippen molar-refractivity contribution >= 4 is 22.7 Å². The summed E-state index contributed by atoms with van der Waals surface area (Å²) in [4.78, 5) is 16.1. The van der Waals surface area contributed by atoms with E-state index in [1.165, 1.54) is 6.07 Å². The highest BCUT2D eigenvalue weighted by atomic mass is 19.1. The number of hydrogen-bond donors (Lipinski definition) is 1. The standard InChI is InChI=1S/C17H13FN2O3/c18-13-2-1-3-14-15(13)23-17(20-14)10-4-6-12(7-5-10)19-16(21)11-8-22-9-11/h1-7,11H,8-9H2,(H,19,21). The van der Waals surface area contributed by atoms with Gasteiger partial charge in [-0.15, -0.1) is 0 Å². The van der Waals surface area contributed by atoms with Gasteiger partial charge in [-0.3, -0.25) is 4.79 Å². The zero-order valence-corrected chi connectivity index (χ0v) is 12.1. The zero-order valence-electron chi connectivity index (χ0n) is 12.1. The Morgan fingerprint density at radius 2 is 1.96 bits per heavy atom. The molecule has 0 unspecified atom stereocenters. The van der Waals surface area contributed by atoms with Crippen LogP contribution in [0.3, 0.4) is 0 Å². The SMILES string of the molecule is O=C(Nc1ccc(-c2nc3cccc(F)c3o2)cc1)C1COC1. The third-order valence-electron chi connectivity index (χ3n) is 3.78. The van der Waals surface area contributed by atoms with Crippen LogP contribution in [0, 0.1) is 11.7 Å². The Kier molecular flexibility index (Phi) is 3.31. The van der Waals surface area contributed by atoms with Crippen LogP contribution in [0.5, 0.6) is 0 Å². The van der Waals surface area contributed by atoms with Crippen LogP contribution < -0.4 is 5.32 Å². The van der Waals surface area contributed by atoms with Crippen LogP contribution in [0.2, 0.25) is 0 Å². The van der Waals surface area contributed by atoms with E-state index < -0.39 is 5.82 Å². The van der Waals surface area contributed by atoms with Crippen LogP contribution in [0.1, 0.15) is 0 Å². The van der Waals surface area contributed by atoms with E-state index in [-0.39, 0.29) is 17.4 Å². The number of ether oxygens (including phenoxy) is 1. The first-order valence-electron chi connectivity index (χ1n) is 7.25. The molecule has 3 aromatic rings. The zero-order chi connectivity index (χ0) is 15.8. The Morgan fingerprint density at radius 3 is 2.61 bits per heavy atom. The second-order valence-electron chi connectivity index (χ2n) is 5.41. The fourth-order valence-electron chi connectivity index (χ4n) is 2.37. The Morgan fingerprint density at radius 1 is 1.17 bits per heavy atom. The van der Waals surface area contributed by atoms with Gasteiger partial charge in [-0.25, -0.2) is 9.37 Å². The number of carbonyl (C=O) groups excluding carboxylic acids is 1. The van der Waals surface area contributed by atoms with Crippen molar-refractivity contribution in [2.75, 3.05) is 18.5 Å². The fraction of sp³-hybridized carbons (Fsp3) is 0.176. The van der Waals surface area contributed by atoms with Crippen molar-refractivity contribution in [3.63, 3.8) is 0 Å². The molecule has 4 rings (SSSR count). The number of carbonyl (C=O) groups is 1. The number of para-hydroxylation sites is 1. The summed E-state index contributed by atoms with van der Waals surface area (Å²) in [6, 6.07) is 11.7. The second-order valence-corrected chi connectivity index (χ2v) is 5.41. The van der Waals surface area contributed by atoms with Crippen LogP contribution >= 0.6 is 0 Å². The van der Waals surface area contributed by atoms with Crippen LogP contribution in [-0.2, 0) is 9.53 Å². The smallest absolute Gasteiger partial charge is 0.232 e. The maximum atomic E-state index is 13.6. The molecule has 0 aliphatic carbocycles. The first-order valence-corrected chi connectivity index (χ1v) is 7.25. The van der Waals surface area contributed by atoms with E-state index in [0.29, 0.717) is 35.9 Å². The summed E-state index contributed by atoms with van der Waals surface area (Å²) < 4.78 is 24.1. The van der Waals surface area contributed by atoms with E-state index >= 15 is 0 Å². The summed E-state index contributed by atoms with van der Waals surface area (Å²) in [6.45, 7) is 0.941. The summed E-state index contributed by atoms with van der Waals surface area (Å²) in [5.41, 5.74) is 2.02. The van der Waals surface area contributed by atoms with Gasteiger partial charge >= 0.3 is 0 Å². The Labute approximate surface area is 131 Å². The van der Waals surface area contributed by atoms with E-state index in [1.54, 1.807) is 36.4 Å². The summed E-state index contributed by atoms with van der Waals surface area (Å²) in [5.74, 6) is -0.217. The van der Waals surface area contributed by atoms with Crippen molar-refractivity contribution in [3.8, 4) is 11.5 Å². The number of oxazole rings is 1. The monoisotopic (exact) mass is 312 g/mol. The quantitative estimate of drug-likeness (QED) is 0.806. The van der Waals surface area contributed by atoms with Gasteiger partial charge in [0.25, 0.3) is 0 Å². The van der Waals surface area contributed by atoms with E-state index in [1.807, 2.05) is 0 Å². The molecule has 6 heteroatoms. The highest BCUT2D eigenvalue weighted by molar-refractivity contribution is 5.93. The van der Waals surface area contributed by atoms with Crippen LogP contribution in [0.4, 0.5) is 10.1 Å². The van der Waals surface area contributed by atoms with Crippen molar-refractivity contribution < 1.29 is 18.3 Å². The van der Waals surface area contributed by atoms with E-state index in [9.17, 15) is 9.18 Å². The minimum Gasteiger partial charge on any atom is -0.433 e. The molecule has 1 saturated heterocycles. The molecule has 1 aromatic heterocycles. The topological polar surface area (TPSA) is 64.4 Å². The van der Waals surface area contributed by atoms with Gasteiger partial charge in [0, 0.05) is 11.3 Å².